The first-order valence-corrected chi connectivity index (χ1v) is 17.2. The lowest BCUT2D eigenvalue weighted by Gasteiger charge is -2.43. The number of alkyl halides is 3. The van der Waals surface area contributed by atoms with E-state index in [0.29, 0.717) is 21.5 Å². The van der Waals surface area contributed by atoms with Gasteiger partial charge in [0.1, 0.15) is 5.75 Å². The molecule has 0 radical (unpaired) electrons. The molecule has 3 aromatic rings. The number of hydrogen-bond donors (Lipinski definition) is 3. The number of imide groups is 1. The third-order valence-electron chi connectivity index (χ3n) is 9.54. The Hall–Kier alpha value is -3.63. The van der Waals surface area contributed by atoms with Crippen molar-refractivity contribution in [2.75, 3.05) is 18.5 Å². The highest BCUT2D eigenvalue weighted by Gasteiger charge is 2.69. The fourth-order valence-corrected chi connectivity index (χ4v) is 11.2. The monoisotopic (exact) mass is 751 g/mol. The van der Waals surface area contributed by atoms with Gasteiger partial charge in [-0.15, -0.1) is 11.8 Å². The lowest BCUT2D eigenvalue weighted by atomic mass is 9.68. The predicted octanol–water partition coefficient (Wildman–Crippen LogP) is 5.18. The van der Waals surface area contributed by atoms with E-state index in [1.807, 2.05) is 6.07 Å². The van der Waals surface area contributed by atoms with Crippen LogP contribution in [0.2, 0.25) is 0 Å². The standard InChI is InChI=1S/C31H25BrF3N3O7S2/c32-12-5-6-18(45-11-19(39)36-17-4-2-1-3-16(17)31(33,34)35)13(9-12)21-22-14-10-15(25(22)46-27-26(21)47-30(44)37-27)24-23(14)28(42)38(29(24)43)8-7-20(40)41/h1-6,9,14-15,21-25H,7-8,10-11H2,(H,36,39)(H,37,44)(H,40,41)/t14?,15?,21-,22?,23?,24?,25?/m1/s1. The van der Waals surface area contributed by atoms with Crippen LogP contribution >= 0.6 is 39.0 Å². The molecule has 3 heterocycles. The van der Waals surface area contributed by atoms with Crippen molar-refractivity contribution in [2.24, 2.45) is 29.6 Å². The summed E-state index contributed by atoms with van der Waals surface area (Å²) >= 11 is 6.03. The smallest absolute Gasteiger partial charge is 0.418 e. The number of aromatic nitrogens is 1. The highest BCUT2D eigenvalue weighted by molar-refractivity contribution is 9.10. The third-order valence-corrected chi connectivity index (χ3v) is 12.6. The molecular weight excluding hydrogens is 727 g/mol. The van der Waals surface area contributed by atoms with Crippen LogP contribution in [0.3, 0.4) is 0 Å². The molecule has 2 bridgehead atoms. The molecule has 2 aromatic carbocycles. The summed E-state index contributed by atoms with van der Waals surface area (Å²) in [6, 6.07) is 9.77. The summed E-state index contributed by atoms with van der Waals surface area (Å²) in [5.41, 5.74) is -0.768. The predicted molar refractivity (Wildman–Crippen MR) is 167 cm³/mol. The number of rotatable bonds is 8. The zero-order valence-corrected chi connectivity index (χ0v) is 27.3. The third kappa shape index (κ3) is 5.47. The van der Waals surface area contributed by atoms with Crippen molar-refractivity contribution in [3.05, 3.63) is 72.6 Å². The molecule has 2 aliphatic carbocycles. The maximum absolute atomic E-state index is 13.6. The first kappa shape index (κ1) is 31.9. The van der Waals surface area contributed by atoms with E-state index in [9.17, 15) is 42.3 Å². The summed E-state index contributed by atoms with van der Waals surface area (Å²) in [6.07, 6.45) is -4.40. The number of anilines is 1. The number of nitrogens with one attached hydrogen (secondary N) is 2. The van der Waals surface area contributed by atoms with Crippen molar-refractivity contribution in [2.45, 2.75) is 35.2 Å². The Morgan fingerprint density at radius 2 is 1.81 bits per heavy atom. The minimum atomic E-state index is -4.67. The van der Waals surface area contributed by atoms with E-state index < -0.39 is 53.7 Å². The van der Waals surface area contributed by atoms with Crippen molar-refractivity contribution >= 4 is 68.4 Å². The van der Waals surface area contributed by atoms with E-state index in [2.05, 4.69) is 26.2 Å². The Morgan fingerprint density at radius 1 is 1.09 bits per heavy atom. The number of carboxylic acids is 1. The van der Waals surface area contributed by atoms with Crippen molar-refractivity contribution in [3.8, 4) is 5.75 Å². The maximum atomic E-state index is 13.6. The number of likely N-dealkylation sites (tertiary alicyclic amines) is 1. The van der Waals surface area contributed by atoms with Gasteiger partial charge in [-0.3, -0.25) is 28.9 Å². The maximum Gasteiger partial charge on any atom is 0.418 e. The number of ether oxygens (including phenoxy) is 1. The molecule has 1 saturated heterocycles. The Labute approximate surface area is 281 Å². The summed E-state index contributed by atoms with van der Waals surface area (Å²) in [6.45, 7) is -0.792. The summed E-state index contributed by atoms with van der Waals surface area (Å²) in [5, 5.41) is 12.0. The van der Waals surface area contributed by atoms with E-state index in [4.69, 9.17) is 4.74 Å². The number of thiazole rings is 1. The van der Waals surface area contributed by atoms with Crippen LogP contribution in [0.5, 0.6) is 5.75 Å². The number of para-hydroxylation sites is 1. The number of nitrogens with zero attached hydrogens (tertiary/aromatic N) is 1. The SMILES string of the molecule is O=C(O)CCN1C(=O)C2C3CC(C2C1=O)C1C3Sc2[nH]c(=O)sc2[C@@H]1c1cc(Br)ccc1OCC(=O)Nc1ccccc1C(F)(F)F. The van der Waals surface area contributed by atoms with Gasteiger partial charge in [0.25, 0.3) is 5.91 Å². The summed E-state index contributed by atoms with van der Waals surface area (Å²) in [5.74, 6) is -4.61. The number of aromatic amines is 1. The minimum Gasteiger partial charge on any atom is -0.483 e. The fraction of sp³-hybridized carbons (Fsp3) is 0.387. The number of carbonyl (C=O) groups is 4. The average molecular weight is 753 g/mol. The molecule has 246 valence electrons. The van der Waals surface area contributed by atoms with Gasteiger partial charge < -0.3 is 20.1 Å². The topological polar surface area (TPSA) is 146 Å². The van der Waals surface area contributed by atoms with Crippen LogP contribution in [0, 0.1) is 29.6 Å². The van der Waals surface area contributed by atoms with E-state index in [-0.39, 0.29) is 58.4 Å². The number of thioether (sulfide) groups is 1. The van der Waals surface area contributed by atoms with Crippen molar-refractivity contribution in [1.82, 2.24) is 9.88 Å². The van der Waals surface area contributed by atoms with Crippen LogP contribution in [-0.4, -0.2) is 57.1 Å². The molecule has 3 fully saturated rings. The second-order valence-corrected chi connectivity index (χ2v) is 15.1. The average Bonchev–Trinajstić information content (AvgIpc) is 3.74. The van der Waals surface area contributed by atoms with Crippen LogP contribution in [-0.2, 0) is 25.4 Å². The minimum absolute atomic E-state index is 0.144. The second-order valence-electron chi connectivity index (χ2n) is 12.0. The first-order chi connectivity index (χ1) is 22.3. The number of hydrogen-bond acceptors (Lipinski definition) is 8. The van der Waals surface area contributed by atoms with E-state index >= 15 is 0 Å². The molecule has 2 aliphatic heterocycles. The Morgan fingerprint density at radius 3 is 2.53 bits per heavy atom. The Kier molecular flexibility index (Phi) is 8.02. The molecule has 3 amide bonds. The summed E-state index contributed by atoms with van der Waals surface area (Å²) in [7, 11) is 0. The lowest BCUT2D eigenvalue weighted by Crippen LogP contribution is -2.42. The molecule has 0 spiro atoms. The Bertz CT molecular complexity index is 1880. The number of halogens is 4. The fourth-order valence-electron chi connectivity index (χ4n) is 7.92. The number of carboxylic acid groups (broad SMARTS) is 1. The number of carbonyl (C=O) groups excluding carboxylic acids is 3. The number of H-pyrrole nitrogens is 1. The molecule has 2 saturated carbocycles. The molecule has 16 heteroatoms. The number of fused-ring (bicyclic) bond motifs is 9. The Balaban J connectivity index is 1.20. The second kappa shape index (κ2) is 11.8. The molecule has 4 aliphatic rings. The van der Waals surface area contributed by atoms with Gasteiger partial charge >= 0.3 is 17.0 Å². The van der Waals surface area contributed by atoms with Gasteiger partial charge in [0.05, 0.1) is 34.5 Å². The lowest BCUT2D eigenvalue weighted by molar-refractivity contribution is -0.143. The van der Waals surface area contributed by atoms with E-state index in [0.717, 1.165) is 33.2 Å². The van der Waals surface area contributed by atoms with Gasteiger partial charge in [-0.1, -0.05) is 39.4 Å². The van der Waals surface area contributed by atoms with Crippen LogP contribution in [0.25, 0.3) is 0 Å². The summed E-state index contributed by atoms with van der Waals surface area (Å²) in [4.78, 5) is 68.2. The largest absolute Gasteiger partial charge is 0.483 e. The van der Waals surface area contributed by atoms with Gasteiger partial charge in [-0.25, -0.2) is 0 Å². The molecule has 1 aromatic heterocycles. The van der Waals surface area contributed by atoms with E-state index in [1.54, 1.807) is 12.1 Å². The molecule has 7 rings (SSSR count). The van der Waals surface area contributed by atoms with Gasteiger partial charge in [0.15, 0.2) is 6.61 Å². The molecule has 6 unspecified atom stereocenters. The quantitative estimate of drug-likeness (QED) is 0.267. The highest BCUT2D eigenvalue weighted by Crippen LogP contribution is 2.69. The van der Waals surface area contributed by atoms with Gasteiger partial charge in [-0.05, 0) is 54.5 Å². The number of amides is 3. The molecular formula is C31H25BrF3N3O7S2. The molecule has 47 heavy (non-hydrogen) atoms. The van der Waals surface area contributed by atoms with Crippen molar-refractivity contribution in [3.63, 3.8) is 0 Å². The van der Waals surface area contributed by atoms with Crippen LogP contribution in [0.15, 0.2) is 56.8 Å². The summed E-state index contributed by atoms with van der Waals surface area (Å²) < 4.78 is 47.1. The van der Waals surface area contributed by atoms with Crippen LogP contribution < -0.4 is 14.9 Å². The van der Waals surface area contributed by atoms with E-state index in [1.165, 1.54) is 23.9 Å². The first-order valence-electron chi connectivity index (χ1n) is 14.7. The molecule has 10 nitrogen and oxygen atoms in total. The van der Waals surface area contributed by atoms with Gasteiger partial charge in [-0.2, -0.15) is 13.2 Å². The molecule has 7 atom stereocenters. The van der Waals surface area contributed by atoms with Gasteiger partial charge in [0.2, 0.25) is 11.8 Å². The van der Waals surface area contributed by atoms with Crippen molar-refractivity contribution < 1.29 is 42.2 Å². The zero-order valence-electron chi connectivity index (χ0n) is 24.1. The van der Waals surface area contributed by atoms with Crippen molar-refractivity contribution in [1.29, 1.82) is 0 Å². The normalized spacial score (nSPS) is 27.4. The van der Waals surface area contributed by atoms with Crippen LogP contribution in [0.4, 0.5) is 18.9 Å². The number of aliphatic carboxylic acids is 1. The number of benzene rings is 2. The van der Waals surface area contributed by atoms with Gasteiger partial charge in [0, 0.05) is 32.6 Å². The zero-order chi connectivity index (χ0) is 33.4. The highest BCUT2D eigenvalue weighted by atomic mass is 79.9. The molecule has 3 N–H and O–H groups in total. The van der Waals surface area contributed by atoms with Crippen LogP contribution in [0.1, 0.15) is 34.8 Å².